The molecule has 3 aliphatic heterocycles. The third-order valence-corrected chi connectivity index (χ3v) is 14.3. The number of aryl methyl sites for hydroxylation is 2. The quantitative estimate of drug-likeness (QED) is 0.127. The van der Waals surface area contributed by atoms with Gasteiger partial charge in [0.05, 0.1) is 23.3 Å². The van der Waals surface area contributed by atoms with Gasteiger partial charge in [-0.15, -0.1) is 6.58 Å². The first-order chi connectivity index (χ1) is 31.1. The zero-order chi connectivity index (χ0) is 44.2. The van der Waals surface area contributed by atoms with Gasteiger partial charge in [0.25, 0.3) is 5.56 Å². The summed E-state index contributed by atoms with van der Waals surface area (Å²) in [6, 6.07) is 18.2. The topological polar surface area (TPSA) is 160 Å². The van der Waals surface area contributed by atoms with Gasteiger partial charge in [0.1, 0.15) is 11.4 Å². The van der Waals surface area contributed by atoms with Gasteiger partial charge in [-0.2, -0.15) is 4.98 Å². The van der Waals surface area contributed by atoms with Crippen LogP contribution in [0.1, 0.15) is 75.1 Å². The number of aromatic nitrogens is 7. The van der Waals surface area contributed by atoms with Crippen LogP contribution in [0.25, 0.3) is 27.9 Å². The van der Waals surface area contributed by atoms with Crippen molar-refractivity contribution in [2.45, 2.75) is 82.8 Å². The number of para-hydroxylation sites is 1. The van der Waals surface area contributed by atoms with E-state index >= 15 is 0 Å². The van der Waals surface area contributed by atoms with E-state index in [1.165, 1.54) is 11.3 Å². The molecule has 332 valence electrons. The third-order valence-electron chi connectivity index (χ3n) is 14.3. The van der Waals surface area contributed by atoms with Gasteiger partial charge in [0, 0.05) is 81.4 Å². The second-order valence-corrected chi connectivity index (χ2v) is 18.0. The van der Waals surface area contributed by atoms with E-state index in [1.54, 1.807) is 33.1 Å². The summed E-state index contributed by atoms with van der Waals surface area (Å²) >= 11 is 0. The van der Waals surface area contributed by atoms with Crippen LogP contribution in [0.5, 0.6) is 0 Å². The number of nitrogens with zero attached hydrogens (tertiary/aromatic N) is 10. The fourth-order valence-corrected chi connectivity index (χ4v) is 10.7. The molecule has 2 aromatic carbocycles. The fraction of sp³-hybridized carbons (Fsp3) is 0.438. The highest BCUT2D eigenvalue weighted by Gasteiger charge is 2.34. The second kappa shape index (κ2) is 16.9. The average Bonchev–Trinajstić information content (AvgIpc) is 3.93. The Hall–Kier alpha value is -6.55. The van der Waals surface area contributed by atoms with Gasteiger partial charge in [-0.1, -0.05) is 25.1 Å². The minimum atomic E-state index is -0.704. The van der Waals surface area contributed by atoms with Crippen LogP contribution < -0.4 is 31.7 Å². The van der Waals surface area contributed by atoms with Gasteiger partial charge in [0.2, 0.25) is 17.8 Å². The first-order valence-electron chi connectivity index (χ1n) is 22.8. The number of likely N-dealkylation sites (N-methyl/N-ethyl adjacent to an activating group) is 1. The Morgan fingerprint density at radius 1 is 0.891 bits per heavy atom. The molecular formula is C48H56N12O4. The van der Waals surface area contributed by atoms with Crippen molar-refractivity contribution < 1.29 is 9.59 Å². The van der Waals surface area contributed by atoms with Crippen molar-refractivity contribution >= 4 is 56.9 Å². The van der Waals surface area contributed by atoms with Crippen molar-refractivity contribution in [2.24, 2.45) is 13.0 Å². The Morgan fingerprint density at radius 3 is 2.47 bits per heavy atom. The number of imide groups is 1. The second-order valence-electron chi connectivity index (χ2n) is 18.0. The summed E-state index contributed by atoms with van der Waals surface area (Å²) < 4.78 is 6.65. The molecule has 0 radical (unpaired) electrons. The van der Waals surface area contributed by atoms with E-state index in [0.29, 0.717) is 53.6 Å². The monoisotopic (exact) mass is 864 g/mol. The van der Waals surface area contributed by atoms with Crippen LogP contribution in [-0.4, -0.2) is 96.0 Å². The Bertz CT molecular complexity index is 2900. The molecule has 3 fully saturated rings. The summed E-state index contributed by atoms with van der Waals surface area (Å²) in [5.41, 5.74) is 7.04. The highest BCUT2D eigenvalue weighted by molar-refractivity contribution is 6.00. The summed E-state index contributed by atoms with van der Waals surface area (Å²) in [5, 5.41) is 6.22. The summed E-state index contributed by atoms with van der Waals surface area (Å²) in [4.78, 5) is 73.7. The van der Waals surface area contributed by atoms with E-state index in [2.05, 4.69) is 87.3 Å². The van der Waals surface area contributed by atoms with E-state index in [-0.39, 0.29) is 23.6 Å². The minimum absolute atomic E-state index is 0.181. The predicted octanol–water partition coefficient (Wildman–Crippen LogP) is 5.40. The number of rotatable bonds is 11. The van der Waals surface area contributed by atoms with Crippen molar-refractivity contribution in [2.75, 3.05) is 54.9 Å². The van der Waals surface area contributed by atoms with E-state index in [1.807, 2.05) is 22.9 Å². The molecule has 0 spiro atoms. The lowest BCUT2D eigenvalue weighted by Gasteiger charge is -2.43. The third kappa shape index (κ3) is 7.36. The van der Waals surface area contributed by atoms with Gasteiger partial charge in [-0.25, -0.2) is 24.1 Å². The van der Waals surface area contributed by atoms with E-state index in [4.69, 9.17) is 9.97 Å². The molecule has 3 unspecified atom stereocenters. The van der Waals surface area contributed by atoms with Crippen molar-refractivity contribution in [1.82, 2.24) is 43.7 Å². The Labute approximate surface area is 371 Å². The van der Waals surface area contributed by atoms with Gasteiger partial charge in [-0.05, 0) is 106 Å². The number of hydrogen-bond donors (Lipinski definition) is 2. The van der Waals surface area contributed by atoms with Gasteiger partial charge in [0.15, 0.2) is 11.5 Å². The van der Waals surface area contributed by atoms with Crippen LogP contribution in [0, 0.1) is 5.92 Å². The largest absolute Gasteiger partial charge is 0.370 e. The lowest BCUT2D eigenvalue weighted by atomic mass is 9.88. The molecule has 2 N–H and O–H groups in total. The summed E-state index contributed by atoms with van der Waals surface area (Å²) in [6.45, 7) is 11.0. The molecule has 6 aromatic rings. The molecule has 3 atom stereocenters. The molecule has 4 aromatic heterocycles. The van der Waals surface area contributed by atoms with Crippen LogP contribution in [0.3, 0.4) is 0 Å². The van der Waals surface area contributed by atoms with Crippen LogP contribution in [0.15, 0.2) is 83.0 Å². The highest BCUT2D eigenvalue weighted by Crippen LogP contribution is 2.36. The average molecular weight is 865 g/mol. The number of pyridine rings is 1. The predicted molar refractivity (Wildman–Crippen MR) is 249 cm³/mol. The maximum atomic E-state index is 13.6. The Balaban J connectivity index is 0.801. The summed E-state index contributed by atoms with van der Waals surface area (Å²) in [7, 11) is 4.01. The first-order valence-corrected chi connectivity index (χ1v) is 22.8. The maximum absolute atomic E-state index is 13.6. The minimum Gasteiger partial charge on any atom is -0.370 e. The molecule has 4 aliphatic rings. The van der Waals surface area contributed by atoms with E-state index in [0.717, 1.165) is 99.4 Å². The first kappa shape index (κ1) is 41.5. The molecule has 0 saturated carbocycles. The molecule has 0 bridgehead atoms. The number of hydrogen-bond acceptors (Lipinski definition) is 11. The number of amides is 2. The van der Waals surface area contributed by atoms with Gasteiger partial charge < -0.3 is 15.1 Å². The Kier molecular flexibility index (Phi) is 10.9. The van der Waals surface area contributed by atoms with Crippen molar-refractivity contribution in [1.29, 1.82) is 0 Å². The van der Waals surface area contributed by atoms with Gasteiger partial charge in [-0.3, -0.25) is 33.7 Å². The molecule has 3 saturated heterocycles. The number of carbonyl (C=O) groups excluding carboxylic acids is 2. The van der Waals surface area contributed by atoms with E-state index < -0.39 is 11.9 Å². The van der Waals surface area contributed by atoms with Gasteiger partial charge >= 0.3 is 5.69 Å². The lowest BCUT2D eigenvalue weighted by Crippen LogP contribution is -2.52. The normalized spacial score (nSPS) is 20.9. The number of piperazine rings is 1. The molecule has 16 heteroatoms. The molecule has 1 aliphatic carbocycles. The van der Waals surface area contributed by atoms with Crippen molar-refractivity contribution in [3.63, 3.8) is 0 Å². The number of nitrogens with one attached hydrogen (secondary N) is 2. The van der Waals surface area contributed by atoms with Crippen LogP contribution >= 0.6 is 0 Å². The number of allylic oxidation sites excluding steroid dienone is 1. The zero-order valence-electron chi connectivity index (χ0n) is 36.9. The van der Waals surface area contributed by atoms with Crippen LogP contribution in [-0.2, 0) is 29.6 Å². The summed E-state index contributed by atoms with van der Waals surface area (Å²) in [5.74, 6) is 1.33. The highest BCUT2D eigenvalue weighted by atomic mass is 16.2. The van der Waals surface area contributed by atoms with E-state index in [9.17, 15) is 19.2 Å². The summed E-state index contributed by atoms with van der Waals surface area (Å²) in [6.07, 6.45) is 10.2. The lowest BCUT2D eigenvalue weighted by molar-refractivity contribution is -0.135. The van der Waals surface area contributed by atoms with Crippen LogP contribution in [0.4, 0.5) is 23.0 Å². The molecular weight excluding hydrogens is 809 g/mol. The molecule has 16 nitrogen and oxygen atoms in total. The van der Waals surface area contributed by atoms with Crippen LogP contribution in [0.2, 0.25) is 0 Å². The maximum Gasteiger partial charge on any atom is 0.329 e. The number of fused-ring (bicyclic) bond motifs is 3. The molecule has 2 amide bonds. The number of benzene rings is 2. The molecule has 10 rings (SSSR count). The standard InChI is InChI=1S/C48H56N12O4/c1-5-22-58-46(63)36-28-49-47(53-44(36)60(58)40-18-12-32-11-10-31(6-2)42(32)51-40)50-33-13-15-34(16-14-33)57-26-25-54(3)35(29-57)27-30-20-23-56(24-21-30)37-8-7-9-38-43(37)55(4)48(64)59(38)39-17-19-41(61)52-45(39)62/h5,7-9,12-16,18,28,30-31,35,39H,1,6,10-11,17,19-27,29H2,2-4H3,(H,49,50,53)(H,52,61,62). The zero-order valence-corrected chi connectivity index (χ0v) is 36.9. The van der Waals surface area contributed by atoms with Crippen molar-refractivity contribution in [3.05, 3.63) is 106 Å². The Morgan fingerprint density at radius 2 is 1.70 bits per heavy atom. The number of imidazole rings is 1. The smallest absolute Gasteiger partial charge is 0.329 e. The molecule has 7 heterocycles. The molecule has 64 heavy (non-hydrogen) atoms. The number of anilines is 4. The number of piperidine rings is 2. The van der Waals surface area contributed by atoms with Crippen molar-refractivity contribution in [3.8, 4) is 5.82 Å². The SMILES string of the molecule is C=CCn1c(=O)c2cnc(Nc3ccc(N4CCN(C)C(CC5CCN(c6cccc7c6n(C)c(=O)n7C6CCC(=O)NC6=O)CC5)C4)cc3)nc2n1-c1ccc2c(n1)C(CC)CC2. The fourth-order valence-electron chi connectivity index (χ4n) is 10.7. The number of carbonyl (C=O) groups is 2.